The van der Waals surface area contributed by atoms with Gasteiger partial charge in [0.05, 0.1) is 18.5 Å². The fourth-order valence-corrected chi connectivity index (χ4v) is 3.32. The molecule has 1 aliphatic heterocycles. The fourth-order valence-electron chi connectivity index (χ4n) is 2.62. The summed E-state index contributed by atoms with van der Waals surface area (Å²) in [5, 5.41) is 14.8. The van der Waals surface area contributed by atoms with E-state index in [0.717, 1.165) is 4.88 Å². The maximum absolute atomic E-state index is 12.1. The van der Waals surface area contributed by atoms with Crippen LogP contribution in [0.1, 0.15) is 25.1 Å². The lowest BCUT2D eigenvalue weighted by Crippen LogP contribution is -2.52. The molecule has 24 heavy (non-hydrogen) atoms. The number of Topliss-reactive ketones (excluding diaryl/α,β-unsaturated/α-hetero) is 1. The zero-order valence-electron chi connectivity index (χ0n) is 13.7. The second kappa shape index (κ2) is 8.41. The van der Waals surface area contributed by atoms with E-state index in [-0.39, 0.29) is 43.5 Å². The van der Waals surface area contributed by atoms with Crippen LogP contribution in [0.15, 0.2) is 17.5 Å². The van der Waals surface area contributed by atoms with Gasteiger partial charge in [0, 0.05) is 31.3 Å². The monoisotopic (exact) mass is 352 g/mol. The highest BCUT2D eigenvalue weighted by Gasteiger charge is 2.37. The van der Waals surface area contributed by atoms with E-state index >= 15 is 0 Å². The van der Waals surface area contributed by atoms with Gasteiger partial charge in [-0.2, -0.15) is 0 Å². The van der Waals surface area contributed by atoms with Crippen LogP contribution in [-0.2, 0) is 25.5 Å². The van der Waals surface area contributed by atoms with Crippen LogP contribution in [0.2, 0.25) is 0 Å². The molecule has 2 N–H and O–H groups in total. The summed E-state index contributed by atoms with van der Waals surface area (Å²) in [4.78, 5) is 37.6. The summed E-state index contributed by atoms with van der Waals surface area (Å²) in [7, 11) is -1.27. The summed E-state index contributed by atoms with van der Waals surface area (Å²) < 4.78 is 5.48. The number of rotatable bonds is 5. The number of nitrogens with one attached hydrogen (secondary N) is 1. The van der Waals surface area contributed by atoms with Crippen LogP contribution in [0.25, 0.3) is 0 Å². The Bertz CT molecular complexity index is 595. The average Bonchev–Trinajstić information content (AvgIpc) is 2.91. The van der Waals surface area contributed by atoms with Crippen LogP contribution >= 0.6 is 11.3 Å². The van der Waals surface area contributed by atoms with Crippen molar-refractivity contribution in [1.82, 2.24) is 10.2 Å². The topological polar surface area (TPSA) is 95.9 Å². The number of carbonyl (C=O) groups excluding carboxylic acids is 3. The van der Waals surface area contributed by atoms with E-state index in [0.29, 0.717) is 0 Å². The number of hydrogen-bond acceptors (Lipinski definition) is 6. The zero-order valence-corrected chi connectivity index (χ0v) is 14.5. The quantitative estimate of drug-likeness (QED) is 0.729. The summed E-state index contributed by atoms with van der Waals surface area (Å²) in [6.07, 6.45) is -0.269. The van der Waals surface area contributed by atoms with Crippen molar-refractivity contribution in [3.05, 3.63) is 22.4 Å². The van der Waals surface area contributed by atoms with E-state index in [1.165, 1.54) is 30.1 Å². The molecule has 9 heteroatoms. The largest absolute Gasteiger partial charge is 0.480 e. The van der Waals surface area contributed by atoms with Crippen molar-refractivity contribution >= 4 is 36.1 Å². The second-order valence-corrected chi connectivity index (χ2v) is 6.94. The lowest BCUT2D eigenvalue weighted by molar-refractivity contribution is -0.131. The molecular formula is C15H21BN2O5S. The van der Waals surface area contributed by atoms with Gasteiger partial charge in [-0.05, 0) is 18.4 Å². The Labute approximate surface area is 145 Å². The van der Waals surface area contributed by atoms with E-state index in [1.807, 2.05) is 17.5 Å². The van der Waals surface area contributed by atoms with Gasteiger partial charge in [0.15, 0.2) is 0 Å². The van der Waals surface area contributed by atoms with E-state index in [4.69, 9.17) is 4.65 Å². The van der Waals surface area contributed by atoms with Crippen molar-refractivity contribution in [2.24, 2.45) is 0 Å². The van der Waals surface area contributed by atoms with Crippen molar-refractivity contribution in [2.45, 2.75) is 38.7 Å². The number of nitrogens with zero attached hydrogens (tertiary/aromatic N) is 1. The molecule has 2 amide bonds. The summed E-state index contributed by atoms with van der Waals surface area (Å²) in [5.74, 6) is -1.27. The summed E-state index contributed by atoms with van der Waals surface area (Å²) in [5.41, 5.74) is 0. The Kier molecular flexibility index (Phi) is 6.53. The third-order valence-corrected chi connectivity index (χ3v) is 4.62. The maximum atomic E-state index is 12.1. The van der Waals surface area contributed by atoms with Gasteiger partial charge in [-0.1, -0.05) is 6.07 Å². The lowest BCUT2D eigenvalue weighted by atomic mass is 9.78. The molecule has 7 nitrogen and oxygen atoms in total. The molecule has 0 aliphatic carbocycles. The molecule has 130 valence electrons. The first-order valence-electron chi connectivity index (χ1n) is 7.75. The smallest absolute Gasteiger partial charge is 0.426 e. The molecule has 0 saturated carbocycles. The molecule has 1 aromatic rings. The molecular weight excluding hydrogens is 331 g/mol. The number of hydrogen-bond donors (Lipinski definition) is 2. The summed E-state index contributed by atoms with van der Waals surface area (Å²) in [6, 6.07) is 3.72. The van der Waals surface area contributed by atoms with Gasteiger partial charge in [-0.25, -0.2) is 0 Å². The minimum atomic E-state index is -1.27. The second-order valence-electron chi connectivity index (χ2n) is 5.91. The van der Waals surface area contributed by atoms with E-state index < -0.39 is 19.2 Å². The molecule has 1 fully saturated rings. The van der Waals surface area contributed by atoms with Crippen LogP contribution in [0.5, 0.6) is 0 Å². The number of ketones is 1. The Morgan fingerprint density at radius 3 is 2.75 bits per heavy atom. The van der Waals surface area contributed by atoms with Crippen molar-refractivity contribution in [1.29, 1.82) is 0 Å². The number of amides is 2. The Morgan fingerprint density at radius 2 is 2.17 bits per heavy atom. The van der Waals surface area contributed by atoms with E-state index in [9.17, 15) is 19.4 Å². The molecule has 1 aromatic heterocycles. The van der Waals surface area contributed by atoms with Gasteiger partial charge >= 0.3 is 7.12 Å². The highest BCUT2D eigenvalue weighted by atomic mass is 32.1. The standard InChI is InChI=1S/C15H21BN2O5S/c1-10(19)6-12-8-18(11(2)20)9-14(16(22)23-12)17-15(21)7-13-4-3-5-24-13/h3-5,12,14,22H,6-9H2,1-2H3,(H,17,21)/t12?,14-/m0/s1. The van der Waals surface area contributed by atoms with Gasteiger partial charge in [0.2, 0.25) is 11.8 Å². The molecule has 1 aliphatic rings. The van der Waals surface area contributed by atoms with Gasteiger partial charge in [-0.3, -0.25) is 14.4 Å². The third-order valence-electron chi connectivity index (χ3n) is 3.74. The molecule has 0 aromatic carbocycles. The van der Waals surface area contributed by atoms with Gasteiger partial charge in [0.25, 0.3) is 0 Å². The maximum Gasteiger partial charge on any atom is 0.480 e. The third kappa shape index (κ3) is 5.43. The minimum Gasteiger partial charge on any atom is -0.426 e. The molecule has 1 saturated heterocycles. The van der Waals surface area contributed by atoms with Gasteiger partial charge in [0.1, 0.15) is 5.78 Å². The first-order chi connectivity index (χ1) is 11.3. The van der Waals surface area contributed by atoms with E-state index in [2.05, 4.69) is 5.32 Å². The minimum absolute atomic E-state index is 0.0871. The summed E-state index contributed by atoms with van der Waals surface area (Å²) >= 11 is 1.47. The van der Waals surface area contributed by atoms with Gasteiger partial charge in [-0.15, -0.1) is 11.3 Å². The molecule has 1 unspecified atom stereocenters. The van der Waals surface area contributed by atoms with Crippen molar-refractivity contribution in [3.8, 4) is 0 Å². The average molecular weight is 352 g/mol. The van der Waals surface area contributed by atoms with E-state index in [1.54, 1.807) is 0 Å². The van der Waals surface area contributed by atoms with Crippen LogP contribution in [0.3, 0.4) is 0 Å². The summed E-state index contributed by atoms with van der Waals surface area (Å²) in [6.45, 7) is 3.19. The lowest BCUT2D eigenvalue weighted by Gasteiger charge is -2.24. The molecule has 2 atom stereocenters. The van der Waals surface area contributed by atoms with Crippen LogP contribution < -0.4 is 5.32 Å². The van der Waals surface area contributed by atoms with Gasteiger partial charge < -0.3 is 19.9 Å². The van der Waals surface area contributed by atoms with Crippen LogP contribution in [0, 0.1) is 0 Å². The molecule has 2 heterocycles. The Morgan fingerprint density at radius 1 is 1.42 bits per heavy atom. The first kappa shape index (κ1) is 18.6. The van der Waals surface area contributed by atoms with Crippen molar-refractivity contribution in [3.63, 3.8) is 0 Å². The SMILES string of the molecule is CC(=O)CC1CN(C(C)=O)C[C@H](NC(=O)Cc2cccs2)B(O)O1. The molecule has 0 radical (unpaired) electrons. The predicted molar refractivity (Wildman–Crippen MR) is 90.4 cm³/mol. The highest BCUT2D eigenvalue weighted by Crippen LogP contribution is 2.14. The normalized spacial score (nSPS) is 21.3. The fraction of sp³-hybridized carbons (Fsp3) is 0.533. The number of thiophene rings is 1. The first-order valence-corrected chi connectivity index (χ1v) is 8.63. The highest BCUT2D eigenvalue weighted by molar-refractivity contribution is 7.10. The molecule has 0 bridgehead atoms. The van der Waals surface area contributed by atoms with Crippen LogP contribution in [-0.4, -0.2) is 59.8 Å². The van der Waals surface area contributed by atoms with Crippen molar-refractivity contribution < 1.29 is 24.1 Å². The zero-order chi connectivity index (χ0) is 17.7. The Balaban J connectivity index is 2.03. The van der Waals surface area contributed by atoms with Crippen molar-refractivity contribution in [2.75, 3.05) is 13.1 Å². The van der Waals surface area contributed by atoms with Crippen LogP contribution in [0.4, 0.5) is 0 Å². The molecule has 0 spiro atoms. The Hall–Kier alpha value is -1.71. The molecule has 2 rings (SSSR count). The predicted octanol–water partition coefficient (Wildman–Crippen LogP) is 0.0215. The number of carbonyl (C=O) groups is 3.